The summed E-state index contributed by atoms with van der Waals surface area (Å²) >= 11 is 0. The first-order chi connectivity index (χ1) is 9.04. The van der Waals surface area contributed by atoms with Gasteiger partial charge in [-0.2, -0.15) is 13.2 Å². The maximum atomic E-state index is 12.2. The first-order valence-electron chi connectivity index (χ1n) is 5.50. The fraction of sp³-hybridized carbons (Fsp3) is 0.133. The highest BCUT2D eigenvalue weighted by atomic mass is 19.4. The summed E-state index contributed by atoms with van der Waals surface area (Å²) in [4.78, 5) is 10.6. The summed E-state index contributed by atoms with van der Waals surface area (Å²) in [5.74, 6) is -0.523. The van der Waals surface area contributed by atoms with Crippen LogP contribution in [-0.4, -0.2) is 12.1 Å². The molecule has 20 heavy (non-hydrogen) atoms. The second-order valence-corrected chi connectivity index (χ2v) is 4.04. The Morgan fingerprint density at radius 2 is 1.40 bits per heavy atom. The molecule has 2 N–H and O–H groups in total. The summed E-state index contributed by atoms with van der Waals surface area (Å²) in [6, 6.07) is 0. The van der Waals surface area contributed by atoms with Crippen molar-refractivity contribution in [2.24, 2.45) is 5.73 Å². The summed E-state index contributed by atoms with van der Waals surface area (Å²) in [5.41, 5.74) is 5.15. The van der Waals surface area contributed by atoms with E-state index >= 15 is 0 Å². The molecule has 0 heterocycles. The number of amides is 1. The maximum Gasteiger partial charge on any atom is 0.415 e. The van der Waals surface area contributed by atoms with Crippen LogP contribution in [0.4, 0.5) is 13.2 Å². The van der Waals surface area contributed by atoms with E-state index in [-0.39, 0.29) is 6.42 Å². The van der Waals surface area contributed by atoms with Crippen molar-refractivity contribution in [1.82, 2.24) is 0 Å². The summed E-state index contributed by atoms with van der Waals surface area (Å²) in [5, 5.41) is 0. The molecule has 5 heteroatoms. The quantitative estimate of drug-likeness (QED) is 0.710. The molecule has 2 nitrogen and oxygen atoms in total. The van der Waals surface area contributed by atoms with Crippen LogP contribution < -0.4 is 5.73 Å². The molecule has 0 aromatic rings. The predicted octanol–water partition coefficient (Wildman–Crippen LogP) is 3.76. The SMILES string of the molecule is C=C(/C=C\C(=C)C(=C)/C=C\C(=C)C(F)(F)F)CC(N)=O. The minimum atomic E-state index is -4.47. The molecule has 0 spiro atoms. The minimum Gasteiger partial charge on any atom is -0.369 e. The fourth-order valence-electron chi connectivity index (χ4n) is 1.01. The van der Waals surface area contributed by atoms with E-state index in [9.17, 15) is 18.0 Å². The van der Waals surface area contributed by atoms with E-state index in [0.717, 1.165) is 6.08 Å². The van der Waals surface area contributed by atoms with E-state index < -0.39 is 17.7 Å². The number of halogens is 3. The third-order valence-electron chi connectivity index (χ3n) is 2.18. The molecule has 0 saturated carbocycles. The van der Waals surface area contributed by atoms with Gasteiger partial charge in [0, 0.05) is 5.57 Å². The minimum absolute atomic E-state index is 0.00300. The van der Waals surface area contributed by atoms with E-state index in [1.54, 1.807) is 0 Å². The molecule has 0 bridgehead atoms. The van der Waals surface area contributed by atoms with Crippen LogP contribution in [0, 0.1) is 0 Å². The van der Waals surface area contributed by atoms with Gasteiger partial charge in [0.1, 0.15) is 0 Å². The second-order valence-electron chi connectivity index (χ2n) is 4.04. The van der Waals surface area contributed by atoms with E-state index in [1.807, 2.05) is 0 Å². The molecule has 0 radical (unpaired) electrons. The largest absolute Gasteiger partial charge is 0.415 e. The van der Waals surface area contributed by atoms with Crippen molar-refractivity contribution in [2.75, 3.05) is 0 Å². The Balaban J connectivity index is 4.58. The zero-order chi connectivity index (χ0) is 15.9. The monoisotopic (exact) mass is 283 g/mol. The third-order valence-corrected chi connectivity index (χ3v) is 2.18. The molecule has 0 aliphatic heterocycles. The molecule has 0 aromatic carbocycles. The summed E-state index contributed by atoms with van der Waals surface area (Å²) in [6.45, 7) is 13.7. The number of carbonyl (C=O) groups is 1. The van der Waals surface area contributed by atoms with Gasteiger partial charge in [0.15, 0.2) is 0 Å². The number of allylic oxidation sites excluding steroid dienone is 7. The lowest BCUT2D eigenvalue weighted by atomic mass is 10.1. The summed E-state index contributed by atoms with van der Waals surface area (Å²) in [6.07, 6.45) is 0.513. The first-order valence-corrected chi connectivity index (χ1v) is 5.50. The van der Waals surface area contributed by atoms with Gasteiger partial charge in [-0.15, -0.1) is 0 Å². The Labute approximate surface area is 116 Å². The molecule has 0 atom stereocenters. The van der Waals surface area contributed by atoms with Gasteiger partial charge >= 0.3 is 6.18 Å². The Kier molecular flexibility index (Phi) is 6.49. The van der Waals surface area contributed by atoms with Crippen molar-refractivity contribution in [3.8, 4) is 0 Å². The predicted molar refractivity (Wildman–Crippen MR) is 74.7 cm³/mol. The molecule has 0 saturated heterocycles. The second kappa shape index (κ2) is 7.33. The number of primary amides is 1. The molecular weight excluding hydrogens is 267 g/mol. The van der Waals surface area contributed by atoms with Gasteiger partial charge in [0.05, 0.1) is 6.42 Å². The standard InChI is InChI=1S/C15H16F3NO/c1-10(9-14(19)20)5-6-11(2)12(3)7-8-13(4)15(16,17)18/h5-8H,1-4,9H2,(H2,19,20)/b6-5-,8-7-. The van der Waals surface area contributed by atoms with Crippen molar-refractivity contribution >= 4 is 5.91 Å². The van der Waals surface area contributed by atoms with Gasteiger partial charge in [-0.1, -0.05) is 50.6 Å². The summed E-state index contributed by atoms with van der Waals surface area (Å²) in [7, 11) is 0. The number of hydrogen-bond acceptors (Lipinski definition) is 1. The molecule has 1 amide bonds. The van der Waals surface area contributed by atoms with Crippen LogP contribution >= 0.6 is 0 Å². The lowest BCUT2D eigenvalue weighted by Gasteiger charge is -2.05. The van der Waals surface area contributed by atoms with Crippen LogP contribution in [0.1, 0.15) is 6.42 Å². The van der Waals surface area contributed by atoms with Crippen LogP contribution in [0.15, 0.2) is 72.9 Å². The average molecular weight is 283 g/mol. The first kappa shape index (κ1) is 17.7. The Morgan fingerprint density at radius 3 is 1.80 bits per heavy atom. The number of carbonyl (C=O) groups excluding carboxylic acids is 1. The zero-order valence-electron chi connectivity index (χ0n) is 11.0. The van der Waals surface area contributed by atoms with Crippen molar-refractivity contribution in [1.29, 1.82) is 0 Å². The maximum absolute atomic E-state index is 12.2. The Morgan fingerprint density at radius 1 is 0.950 bits per heavy atom. The van der Waals surface area contributed by atoms with Crippen molar-refractivity contribution in [2.45, 2.75) is 12.6 Å². The summed E-state index contributed by atoms with van der Waals surface area (Å²) < 4.78 is 36.6. The zero-order valence-corrected chi connectivity index (χ0v) is 11.0. The van der Waals surface area contributed by atoms with Gasteiger partial charge in [0.25, 0.3) is 0 Å². The lowest BCUT2D eigenvalue weighted by Crippen LogP contribution is -2.10. The van der Waals surface area contributed by atoms with E-state index in [4.69, 9.17) is 5.73 Å². The number of hydrogen-bond donors (Lipinski definition) is 1. The Bertz CT molecular complexity index is 508. The van der Waals surface area contributed by atoms with E-state index in [2.05, 4.69) is 26.3 Å². The highest BCUT2D eigenvalue weighted by Gasteiger charge is 2.29. The topological polar surface area (TPSA) is 43.1 Å². The molecule has 0 fully saturated rings. The van der Waals surface area contributed by atoms with Crippen LogP contribution in [-0.2, 0) is 4.79 Å². The highest BCUT2D eigenvalue weighted by molar-refractivity contribution is 5.77. The molecule has 0 unspecified atom stereocenters. The lowest BCUT2D eigenvalue weighted by molar-refractivity contribution is -0.117. The van der Waals surface area contributed by atoms with Gasteiger partial charge in [-0.25, -0.2) is 0 Å². The third kappa shape index (κ3) is 7.20. The highest BCUT2D eigenvalue weighted by Crippen LogP contribution is 2.25. The van der Waals surface area contributed by atoms with Gasteiger partial charge in [0.2, 0.25) is 5.91 Å². The Hall–Kier alpha value is -2.30. The molecule has 0 aromatic heterocycles. The normalized spacial score (nSPS) is 11.8. The van der Waals surface area contributed by atoms with Gasteiger partial charge in [-0.05, 0) is 16.7 Å². The average Bonchev–Trinajstić information content (AvgIpc) is 2.30. The van der Waals surface area contributed by atoms with Crippen molar-refractivity contribution in [3.63, 3.8) is 0 Å². The molecular formula is C15H16F3NO. The molecule has 0 aliphatic carbocycles. The van der Waals surface area contributed by atoms with Crippen molar-refractivity contribution in [3.05, 3.63) is 72.9 Å². The molecule has 0 aliphatic rings. The molecule has 108 valence electrons. The molecule has 0 rings (SSSR count). The van der Waals surface area contributed by atoms with E-state index in [1.165, 1.54) is 18.2 Å². The van der Waals surface area contributed by atoms with Crippen LogP contribution in [0.25, 0.3) is 0 Å². The number of nitrogens with two attached hydrogens (primary N) is 1. The van der Waals surface area contributed by atoms with E-state index in [0.29, 0.717) is 16.7 Å². The number of alkyl halides is 3. The van der Waals surface area contributed by atoms with Crippen molar-refractivity contribution < 1.29 is 18.0 Å². The number of rotatable bonds is 7. The van der Waals surface area contributed by atoms with Gasteiger partial charge in [-0.3, -0.25) is 4.79 Å². The smallest absolute Gasteiger partial charge is 0.369 e. The van der Waals surface area contributed by atoms with Crippen LogP contribution in [0.2, 0.25) is 0 Å². The van der Waals surface area contributed by atoms with Crippen LogP contribution in [0.3, 0.4) is 0 Å². The fourth-order valence-corrected chi connectivity index (χ4v) is 1.01. The van der Waals surface area contributed by atoms with Crippen LogP contribution in [0.5, 0.6) is 0 Å². The van der Waals surface area contributed by atoms with Gasteiger partial charge < -0.3 is 5.73 Å².